The van der Waals surface area contributed by atoms with E-state index in [0.717, 1.165) is 135 Å². The van der Waals surface area contributed by atoms with Gasteiger partial charge in [-0.3, -0.25) is 32.5 Å². The van der Waals surface area contributed by atoms with Crippen molar-refractivity contribution in [2.45, 2.75) is 437 Å². The van der Waals surface area contributed by atoms with Crippen LogP contribution >= 0.6 is 15.6 Å². The summed E-state index contributed by atoms with van der Waals surface area (Å²) in [7, 11) is -9.79. The van der Waals surface area contributed by atoms with Gasteiger partial charge < -0.3 is 34.2 Å². The van der Waals surface area contributed by atoms with E-state index in [9.17, 15) is 43.5 Å². The maximum Gasteiger partial charge on any atom is 0.472 e. The number of hydrogen-bond acceptors (Lipinski definition) is 14. The molecule has 5 unspecified atom stereocenters. The van der Waals surface area contributed by atoms with Crippen LogP contribution in [0.1, 0.15) is 419 Å². The highest BCUT2D eigenvalue weighted by Gasteiger charge is 2.30. The van der Waals surface area contributed by atoms with Crippen LogP contribution in [0.2, 0.25) is 0 Å². The van der Waals surface area contributed by atoms with E-state index in [4.69, 9.17) is 32.3 Å². The van der Waals surface area contributed by atoms with Crippen LogP contribution in [-0.4, -0.2) is 95.9 Å². The Bertz CT molecular complexity index is 2570. The Balaban J connectivity index is 4.37. The van der Waals surface area contributed by atoms with Crippen molar-refractivity contribution in [2.24, 2.45) is 0 Å². The van der Waals surface area contributed by atoms with E-state index in [1.807, 2.05) is 0 Å². The number of aliphatic hydroxyl groups excluding tert-OH is 2. The quantitative estimate of drug-likeness (QED) is 0.0146. The van der Waals surface area contributed by atoms with Crippen molar-refractivity contribution < 1.29 is 75.8 Å². The van der Waals surface area contributed by atoms with Gasteiger partial charge in [0.15, 0.2) is 6.10 Å². The Morgan fingerprint density at radius 2 is 0.461 bits per heavy atom. The molecular formula is C97H172O16P2. The van der Waals surface area contributed by atoms with Crippen molar-refractivity contribution in [1.82, 2.24) is 0 Å². The lowest BCUT2D eigenvalue weighted by Crippen LogP contribution is -2.30. The van der Waals surface area contributed by atoms with Crippen LogP contribution in [-0.2, 0) is 55.8 Å². The zero-order valence-corrected chi connectivity index (χ0v) is 75.2. The number of ether oxygens (including phenoxy) is 3. The van der Waals surface area contributed by atoms with Crippen LogP contribution in [0.25, 0.3) is 0 Å². The van der Waals surface area contributed by atoms with E-state index >= 15 is 0 Å². The predicted octanol–water partition coefficient (Wildman–Crippen LogP) is 28.8. The molecule has 0 saturated heterocycles. The van der Waals surface area contributed by atoms with Crippen molar-refractivity contribution >= 4 is 33.6 Å². The first-order valence-corrected chi connectivity index (χ1v) is 49.8. The molecule has 0 heterocycles. The Hall–Kier alpha value is -4.05. The fraction of sp³-hybridized carbons (Fsp3) is 0.763. The molecule has 0 bridgehead atoms. The molecule has 0 aliphatic rings. The summed E-state index contributed by atoms with van der Waals surface area (Å²) in [5.41, 5.74) is 0. The standard InChI is InChI=1S/C97H172O16P2/c1-4-7-10-13-16-19-22-25-27-29-31-33-35-37-39-41-43-44-45-46-48-50-51-53-55-57-59-61-63-66-68-71-74-77-80-83-95(100)107-86-92(98)87-109-114(103,104)110-88-93(99)89-111-115(105,106)112-91-94(113-97(102)85-82-79-76-73-70-65-24-21-18-15-12-9-6-3)90-108-96(101)84-81-78-75-72-69-67-64-62-60-58-56-54-52-49-47-42-40-38-36-34-32-30-28-26-23-20-17-14-11-8-5-2/h8,11,16-17,19-20,25-28,31-34,37-40,47,49,92-94,98-99H,4-7,9-10,12-15,18,21-24,29-30,35-36,41-46,48,50-91H2,1-3H3,(H,103,104)(H,105,106)/b11-8-,19-16-,20-17-,27-25-,28-26-,33-31-,34-32-,39-37-,40-38-,49-47-. The maximum atomic E-state index is 13.0. The highest BCUT2D eigenvalue weighted by Crippen LogP contribution is 2.45. The van der Waals surface area contributed by atoms with Gasteiger partial charge in [-0.25, -0.2) is 9.13 Å². The normalized spacial score (nSPS) is 14.3. The number of phosphoric acid groups is 2. The predicted molar refractivity (Wildman–Crippen MR) is 482 cm³/mol. The number of aliphatic hydroxyl groups is 2. The molecule has 0 aliphatic heterocycles. The van der Waals surface area contributed by atoms with Gasteiger partial charge in [-0.1, -0.05) is 406 Å². The van der Waals surface area contributed by atoms with E-state index in [2.05, 4.69) is 142 Å². The largest absolute Gasteiger partial charge is 0.472 e. The molecule has 0 radical (unpaired) electrons. The van der Waals surface area contributed by atoms with Gasteiger partial charge in [-0.2, -0.15) is 0 Å². The SMILES string of the molecule is CC/C=C\C/C=C\C/C=C\C/C=C\C/C=C\C/C=C\CCCCCCCCCCCCCCC(=O)OCC(COP(=O)(O)OCC(O)COP(=O)(O)OCC(O)COC(=O)CCCCCCCCCCCCCCCCCCCCC/C=C\C/C=C\C/C=C\C/C=C\CCCCC)OC(=O)CCCCCCCCCCCCCCC. The average molecular weight is 1660 g/mol. The number of phosphoric ester groups is 2. The highest BCUT2D eigenvalue weighted by atomic mass is 31.2. The van der Waals surface area contributed by atoms with Crippen LogP contribution in [0.3, 0.4) is 0 Å². The molecule has 0 spiro atoms. The second-order valence-corrected chi connectivity index (χ2v) is 34.3. The molecule has 5 atom stereocenters. The summed E-state index contributed by atoms with van der Waals surface area (Å²) in [6.07, 6.45) is 110. The smallest absolute Gasteiger partial charge is 0.463 e. The third kappa shape index (κ3) is 90.6. The summed E-state index contributed by atoms with van der Waals surface area (Å²) in [5, 5.41) is 20.7. The molecule has 4 N–H and O–H groups in total. The van der Waals surface area contributed by atoms with Crippen molar-refractivity contribution in [3.8, 4) is 0 Å². The van der Waals surface area contributed by atoms with Crippen molar-refractivity contribution in [2.75, 3.05) is 39.6 Å². The topological polar surface area (TPSA) is 231 Å². The summed E-state index contributed by atoms with van der Waals surface area (Å²) in [5.74, 6) is -1.55. The first-order valence-electron chi connectivity index (χ1n) is 46.8. The second kappa shape index (κ2) is 89.2. The molecule has 115 heavy (non-hydrogen) atoms. The summed E-state index contributed by atoms with van der Waals surface area (Å²) in [6, 6.07) is 0. The molecule has 0 saturated carbocycles. The number of allylic oxidation sites excluding steroid dienone is 20. The molecule has 0 aromatic rings. The minimum Gasteiger partial charge on any atom is -0.463 e. The van der Waals surface area contributed by atoms with Gasteiger partial charge >= 0.3 is 33.6 Å². The van der Waals surface area contributed by atoms with Gasteiger partial charge in [0.05, 0.1) is 26.4 Å². The van der Waals surface area contributed by atoms with Crippen LogP contribution in [0.5, 0.6) is 0 Å². The molecule has 0 aliphatic carbocycles. The van der Waals surface area contributed by atoms with Crippen LogP contribution < -0.4 is 0 Å². The number of hydrogen-bond donors (Lipinski definition) is 4. The summed E-state index contributed by atoms with van der Waals surface area (Å²) < 4.78 is 61.4. The van der Waals surface area contributed by atoms with E-state index in [1.165, 1.54) is 225 Å². The zero-order valence-electron chi connectivity index (χ0n) is 73.4. The first-order chi connectivity index (χ1) is 56.2. The van der Waals surface area contributed by atoms with E-state index in [0.29, 0.717) is 19.3 Å². The van der Waals surface area contributed by atoms with E-state index in [1.54, 1.807) is 0 Å². The lowest BCUT2D eigenvalue weighted by molar-refractivity contribution is -0.161. The minimum absolute atomic E-state index is 0.108. The number of unbranched alkanes of at least 4 members (excludes halogenated alkanes) is 46. The second-order valence-electron chi connectivity index (χ2n) is 31.4. The fourth-order valence-corrected chi connectivity index (χ4v) is 14.7. The third-order valence-electron chi connectivity index (χ3n) is 20.2. The summed E-state index contributed by atoms with van der Waals surface area (Å²) in [6.45, 7) is 2.61. The summed E-state index contributed by atoms with van der Waals surface area (Å²) >= 11 is 0. The van der Waals surface area contributed by atoms with Crippen molar-refractivity contribution in [3.63, 3.8) is 0 Å². The molecule has 0 amide bonds. The molecule has 0 aromatic carbocycles. The van der Waals surface area contributed by atoms with Gasteiger partial charge in [0.25, 0.3) is 0 Å². The monoisotopic (exact) mass is 1660 g/mol. The van der Waals surface area contributed by atoms with Crippen LogP contribution in [0, 0.1) is 0 Å². The van der Waals surface area contributed by atoms with Gasteiger partial charge in [0.2, 0.25) is 0 Å². The lowest BCUT2D eigenvalue weighted by atomic mass is 10.0. The molecule has 16 nitrogen and oxygen atoms in total. The van der Waals surface area contributed by atoms with Crippen molar-refractivity contribution in [1.29, 1.82) is 0 Å². The Kier molecular flexibility index (Phi) is 86.1. The Morgan fingerprint density at radius 1 is 0.252 bits per heavy atom. The van der Waals surface area contributed by atoms with Gasteiger partial charge in [0, 0.05) is 19.3 Å². The summed E-state index contributed by atoms with van der Waals surface area (Å²) in [4.78, 5) is 58.9. The van der Waals surface area contributed by atoms with Crippen LogP contribution in [0.4, 0.5) is 0 Å². The average Bonchev–Trinajstić information content (AvgIpc) is 0.885. The van der Waals surface area contributed by atoms with Crippen molar-refractivity contribution in [3.05, 3.63) is 122 Å². The lowest BCUT2D eigenvalue weighted by Gasteiger charge is -2.21. The minimum atomic E-state index is -4.93. The van der Waals surface area contributed by atoms with Gasteiger partial charge in [-0.15, -0.1) is 0 Å². The number of carbonyl (C=O) groups excluding carboxylic acids is 3. The number of carbonyl (C=O) groups is 3. The van der Waals surface area contributed by atoms with Gasteiger partial charge in [-0.05, 0) is 116 Å². The molecule has 0 rings (SSSR count). The van der Waals surface area contributed by atoms with Crippen LogP contribution in [0.15, 0.2) is 122 Å². The third-order valence-corrected chi connectivity index (χ3v) is 22.1. The molecular weight excluding hydrogens is 1480 g/mol. The molecule has 0 fully saturated rings. The van der Waals surface area contributed by atoms with E-state index in [-0.39, 0.29) is 19.3 Å². The fourth-order valence-electron chi connectivity index (χ4n) is 13.1. The van der Waals surface area contributed by atoms with Gasteiger partial charge in [0.1, 0.15) is 25.4 Å². The highest BCUT2D eigenvalue weighted by molar-refractivity contribution is 7.47. The Labute approximate surface area is 703 Å². The first kappa shape index (κ1) is 111. The number of esters is 3. The molecule has 18 heteroatoms. The van der Waals surface area contributed by atoms with E-state index < -0.39 is 91.5 Å². The zero-order chi connectivity index (χ0) is 83.6. The molecule has 666 valence electrons. The molecule has 0 aromatic heterocycles. The maximum absolute atomic E-state index is 13.0. The Morgan fingerprint density at radius 3 is 0.748 bits per heavy atom. The number of rotatable bonds is 89.